The second-order valence-corrected chi connectivity index (χ2v) is 10.0. The van der Waals surface area contributed by atoms with Crippen LogP contribution in [0.3, 0.4) is 0 Å². The maximum Gasteiger partial charge on any atom is 0.0618 e. The molecule has 0 saturated carbocycles. The van der Waals surface area contributed by atoms with Crippen LogP contribution in [0.1, 0.15) is 11.1 Å². The van der Waals surface area contributed by atoms with Gasteiger partial charge in [-0.2, -0.15) is 0 Å². The minimum Gasteiger partial charge on any atom is -0.141 e. The molecule has 0 bridgehead atoms. The predicted molar refractivity (Wildman–Crippen MR) is 103 cm³/mol. The van der Waals surface area contributed by atoms with Gasteiger partial charge in [-0.05, 0) is 67.6 Å². The Morgan fingerprint density at radius 1 is 0.700 bits per heavy atom. The maximum atomic E-state index is 3.81. The molecule has 4 aromatic heterocycles. The van der Waals surface area contributed by atoms with E-state index in [0.717, 1.165) is 0 Å². The van der Waals surface area contributed by atoms with Crippen molar-refractivity contribution in [2.75, 3.05) is 0 Å². The highest BCUT2D eigenvalue weighted by Crippen LogP contribution is 2.53. The Balaban J connectivity index is 2.05. The molecule has 0 aliphatic rings. The van der Waals surface area contributed by atoms with Gasteiger partial charge < -0.3 is 0 Å². The molecule has 0 fully saturated rings. The van der Waals surface area contributed by atoms with E-state index < -0.39 is 0 Å². The summed E-state index contributed by atoms with van der Waals surface area (Å²) in [4.78, 5) is 2.71. The van der Waals surface area contributed by atoms with Crippen LogP contribution in [0.2, 0.25) is 0 Å². The lowest BCUT2D eigenvalue weighted by atomic mass is 10.3. The number of halogens is 2. The molecule has 4 aromatic rings. The van der Waals surface area contributed by atoms with E-state index in [1.54, 1.807) is 0 Å². The zero-order valence-electron chi connectivity index (χ0n) is 10.5. The Morgan fingerprint density at radius 2 is 1.10 bits per heavy atom. The van der Waals surface area contributed by atoms with Crippen molar-refractivity contribution in [3.8, 4) is 9.75 Å². The van der Waals surface area contributed by atoms with E-state index in [0.29, 0.717) is 0 Å². The van der Waals surface area contributed by atoms with Crippen LogP contribution >= 0.6 is 77.2 Å². The molecule has 6 heteroatoms. The fourth-order valence-electron chi connectivity index (χ4n) is 2.22. The van der Waals surface area contributed by atoms with Crippen LogP contribution in [-0.2, 0) is 0 Å². The fourth-order valence-corrected chi connectivity index (χ4v) is 9.43. The van der Waals surface area contributed by atoms with Gasteiger partial charge in [0.2, 0.25) is 0 Å². The first-order valence-corrected chi connectivity index (χ1v) is 10.9. The van der Waals surface area contributed by atoms with Crippen molar-refractivity contribution in [3.63, 3.8) is 0 Å². The van der Waals surface area contributed by atoms with Gasteiger partial charge in [0.05, 0.1) is 28.1 Å². The lowest BCUT2D eigenvalue weighted by molar-refractivity contribution is 1.62. The van der Waals surface area contributed by atoms with Crippen LogP contribution in [0.4, 0.5) is 0 Å². The monoisotopic (exact) mass is 462 g/mol. The van der Waals surface area contributed by atoms with Crippen molar-refractivity contribution < 1.29 is 0 Å². The van der Waals surface area contributed by atoms with Crippen molar-refractivity contribution in [2.45, 2.75) is 13.8 Å². The molecule has 0 radical (unpaired) electrons. The molecule has 0 amide bonds. The Hall–Kier alpha value is 0.280. The summed E-state index contributed by atoms with van der Waals surface area (Å²) in [7, 11) is 0. The molecule has 0 atom stereocenters. The smallest absolute Gasteiger partial charge is 0.0618 e. The summed E-state index contributed by atoms with van der Waals surface area (Å²) in [5, 5.41) is 4.48. The first-order valence-electron chi connectivity index (χ1n) is 5.90. The van der Waals surface area contributed by atoms with Crippen molar-refractivity contribution in [1.29, 1.82) is 0 Å². The van der Waals surface area contributed by atoms with Crippen LogP contribution in [0.5, 0.6) is 0 Å². The lowest BCUT2D eigenvalue weighted by Gasteiger charge is -1.95. The van der Waals surface area contributed by atoms with E-state index in [9.17, 15) is 0 Å². The summed E-state index contributed by atoms with van der Waals surface area (Å²) in [6, 6.07) is 0. The molecule has 4 rings (SSSR count). The van der Waals surface area contributed by atoms with E-state index in [2.05, 4.69) is 56.5 Å². The first-order chi connectivity index (χ1) is 9.58. The molecule has 0 N–H and O–H groups in total. The van der Waals surface area contributed by atoms with Crippen LogP contribution < -0.4 is 0 Å². The summed E-state index contributed by atoms with van der Waals surface area (Å²) < 4.78 is 8.09. The summed E-state index contributed by atoms with van der Waals surface area (Å²) in [6.45, 7) is 4.38. The molecule has 0 aromatic carbocycles. The van der Waals surface area contributed by atoms with Gasteiger partial charge in [-0.25, -0.2) is 0 Å². The van der Waals surface area contributed by atoms with Crippen molar-refractivity contribution in [3.05, 3.63) is 30.8 Å². The number of thiophene rings is 4. The zero-order chi connectivity index (χ0) is 14.0. The SMILES string of the molecule is Cc1csc2c(Br)c(-c3sc4c(C)csc4c3Br)sc12. The molecule has 0 unspecified atom stereocenters. The van der Waals surface area contributed by atoms with Crippen molar-refractivity contribution >= 4 is 96.0 Å². The summed E-state index contributed by atoms with van der Waals surface area (Å²) in [6.07, 6.45) is 0. The molecule has 20 heavy (non-hydrogen) atoms. The largest absolute Gasteiger partial charge is 0.141 e. The molecule has 0 nitrogen and oxygen atoms in total. The minimum atomic E-state index is 1.25. The quantitative estimate of drug-likeness (QED) is 0.267. The zero-order valence-corrected chi connectivity index (χ0v) is 17.0. The third kappa shape index (κ3) is 1.85. The Labute approximate surface area is 149 Å². The highest BCUT2D eigenvalue weighted by atomic mass is 79.9. The van der Waals surface area contributed by atoms with Gasteiger partial charge in [-0.15, -0.1) is 45.3 Å². The Bertz CT molecular complexity index is 872. The molecule has 4 heterocycles. The van der Waals surface area contributed by atoms with Crippen LogP contribution in [0, 0.1) is 13.8 Å². The average molecular weight is 464 g/mol. The van der Waals surface area contributed by atoms with E-state index in [1.807, 2.05) is 45.3 Å². The standard InChI is InChI=1S/C14H8Br2S4/c1-5-3-17-11-7(15)13(19-9(5)11)14-8(16)12-10(20-14)6(2)4-18-12/h3-4H,1-2H3. The second kappa shape index (κ2) is 4.89. The lowest BCUT2D eigenvalue weighted by Crippen LogP contribution is -1.66. The van der Waals surface area contributed by atoms with E-state index in [1.165, 1.54) is 48.6 Å². The molecular weight excluding hydrogens is 456 g/mol. The third-order valence-electron chi connectivity index (χ3n) is 3.25. The van der Waals surface area contributed by atoms with E-state index in [-0.39, 0.29) is 0 Å². The third-order valence-corrected chi connectivity index (χ3v) is 11.2. The normalized spacial score (nSPS) is 12.0. The van der Waals surface area contributed by atoms with Gasteiger partial charge in [0.25, 0.3) is 0 Å². The van der Waals surface area contributed by atoms with Crippen LogP contribution in [0.15, 0.2) is 19.7 Å². The Kier molecular flexibility index (Phi) is 3.40. The number of aryl methyl sites for hydroxylation is 2. The van der Waals surface area contributed by atoms with Gasteiger partial charge in [0, 0.05) is 9.40 Å². The van der Waals surface area contributed by atoms with Gasteiger partial charge in [-0.1, -0.05) is 0 Å². The molecular formula is C14H8Br2S4. The van der Waals surface area contributed by atoms with Gasteiger partial charge in [-0.3, -0.25) is 0 Å². The number of fused-ring (bicyclic) bond motifs is 2. The molecule has 0 aliphatic heterocycles. The highest BCUT2D eigenvalue weighted by molar-refractivity contribution is 9.11. The second-order valence-electron chi connectivity index (χ2n) is 4.64. The van der Waals surface area contributed by atoms with E-state index >= 15 is 0 Å². The summed E-state index contributed by atoms with van der Waals surface area (Å²) in [5.74, 6) is 0. The first kappa shape index (κ1) is 13.9. The highest BCUT2D eigenvalue weighted by Gasteiger charge is 2.21. The van der Waals surface area contributed by atoms with Crippen molar-refractivity contribution in [2.24, 2.45) is 0 Å². The topological polar surface area (TPSA) is 0 Å². The molecule has 0 aliphatic carbocycles. The van der Waals surface area contributed by atoms with Gasteiger partial charge >= 0.3 is 0 Å². The maximum absolute atomic E-state index is 3.81. The van der Waals surface area contributed by atoms with Crippen molar-refractivity contribution in [1.82, 2.24) is 0 Å². The van der Waals surface area contributed by atoms with Gasteiger partial charge in [0.1, 0.15) is 0 Å². The number of hydrogen-bond donors (Lipinski definition) is 0. The van der Waals surface area contributed by atoms with Crippen LogP contribution in [0.25, 0.3) is 28.6 Å². The summed E-state index contributed by atoms with van der Waals surface area (Å²) in [5.41, 5.74) is 2.76. The van der Waals surface area contributed by atoms with Gasteiger partial charge in [0.15, 0.2) is 0 Å². The molecule has 0 saturated heterocycles. The molecule has 102 valence electrons. The number of hydrogen-bond acceptors (Lipinski definition) is 4. The number of rotatable bonds is 1. The average Bonchev–Trinajstić information content (AvgIpc) is 3.11. The molecule has 0 spiro atoms. The Morgan fingerprint density at radius 3 is 1.45 bits per heavy atom. The predicted octanol–water partition coefficient (Wildman–Crippen LogP) is 8.05. The van der Waals surface area contributed by atoms with Crippen LogP contribution in [-0.4, -0.2) is 0 Å². The fraction of sp³-hybridized carbons (Fsp3) is 0.143. The summed E-state index contributed by atoms with van der Waals surface area (Å²) >= 11 is 15.1. The minimum absolute atomic E-state index is 1.25. The van der Waals surface area contributed by atoms with E-state index in [4.69, 9.17) is 0 Å².